The normalized spacial score (nSPS) is 10.5. The third-order valence-corrected chi connectivity index (χ3v) is 5.39. The standard InChI is InChI=1S/C27H25N3OS/c31-26(18-20-8-3-1-4-9-20)28-17-16-22-11-7-10-21-14-15-24(19-25(21)22)30-27(32)29-23-12-5-2-6-13-23/h1-15,19H,16-18H2,(H,28,31)(H2,29,30,32). The number of anilines is 2. The monoisotopic (exact) mass is 439 g/mol. The molecule has 3 N–H and O–H groups in total. The fourth-order valence-electron chi connectivity index (χ4n) is 3.63. The summed E-state index contributed by atoms with van der Waals surface area (Å²) in [5.41, 5.74) is 4.07. The molecule has 160 valence electrons. The zero-order valence-electron chi connectivity index (χ0n) is 17.7. The molecular formula is C27H25N3OS. The van der Waals surface area contributed by atoms with Gasteiger partial charge in [-0.15, -0.1) is 0 Å². The van der Waals surface area contributed by atoms with Gasteiger partial charge in [-0.1, -0.05) is 72.8 Å². The highest BCUT2D eigenvalue weighted by Gasteiger charge is 2.06. The Labute approximate surface area is 193 Å². The van der Waals surface area contributed by atoms with Crippen molar-refractivity contribution in [3.63, 3.8) is 0 Å². The Morgan fingerprint density at radius 3 is 2.25 bits per heavy atom. The average molecular weight is 440 g/mol. The topological polar surface area (TPSA) is 53.2 Å². The van der Waals surface area contributed by atoms with Gasteiger partial charge in [-0.25, -0.2) is 0 Å². The van der Waals surface area contributed by atoms with E-state index < -0.39 is 0 Å². The number of rotatable bonds is 7. The van der Waals surface area contributed by atoms with Crippen molar-refractivity contribution in [2.45, 2.75) is 12.8 Å². The van der Waals surface area contributed by atoms with Crippen LogP contribution in [0.5, 0.6) is 0 Å². The minimum Gasteiger partial charge on any atom is -0.355 e. The maximum atomic E-state index is 12.2. The van der Waals surface area contributed by atoms with Crippen LogP contribution in [0.4, 0.5) is 11.4 Å². The molecule has 0 aliphatic rings. The summed E-state index contributed by atoms with van der Waals surface area (Å²) in [6, 6.07) is 32.1. The lowest BCUT2D eigenvalue weighted by Crippen LogP contribution is -2.27. The quantitative estimate of drug-likeness (QED) is 0.331. The predicted octanol–water partition coefficient (Wildman–Crippen LogP) is 5.55. The molecule has 5 heteroatoms. The molecule has 0 spiro atoms. The highest BCUT2D eigenvalue weighted by molar-refractivity contribution is 7.80. The predicted molar refractivity (Wildman–Crippen MR) is 137 cm³/mol. The number of thiocarbonyl (C=S) groups is 1. The number of fused-ring (bicyclic) bond motifs is 1. The van der Waals surface area contributed by atoms with Crippen LogP contribution in [0.1, 0.15) is 11.1 Å². The number of hydrogen-bond acceptors (Lipinski definition) is 2. The number of nitrogens with one attached hydrogen (secondary N) is 3. The van der Waals surface area contributed by atoms with Crippen molar-refractivity contribution < 1.29 is 4.79 Å². The van der Waals surface area contributed by atoms with Gasteiger partial charge in [-0.2, -0.15) is 0 Å². The van der Waals surface area contributed by atoms with Gasteiger partial charge in [0.15, 0.2) is 5.11 Å². The molecule has 0 radical (unpaired) electrons. The van der Waals surface area contributed by atoms with Crippen LogP contribution in [0.15, 0.2) is 97.1 Å². The van der Waals surface area contributed by atoms with Gasteiger partial charge in [0, 0.05) is 17.9 Å². The van der Waals surface area contributed by atoms with Crippen molar-refractivity contribution in [1.29, 1.82) is 0 Å². The van der Waals surface area contributed by atoms with Gasteiger partial charge >= 0.3 is 0 Å². The van der Waals surface area contributed by atoms with E-state index in [0.717, 1.165) is 34.1 Å². The molecule has 1 amide bonds. The molecule has 0 fully saturated rings. The maximum Gasteiger partial charge on any atom is 0.224 e. The summed E-state index contributed by atoms with van der Waals surface area (Å²) < 4.78 is 0. The molecule has 4 rings (SSSR count). The first-order valence-electron chi connectivity index (χ1n) is 10.6. The van der Waals surface area contributed by atoms with Gasteiger partial charge in [0.2, 0.25) is 5.91 Å². The average Bonchev–Trinajstić information content (AvgIpc) is 2.80. The van der Waals surface area contributed by atoms with Gasteiger partial charge in [0.1, 0.15) is 0 Å². The maximum absolute atomic E-state index is 12.2. The van der Waals surface area contributed by atoms with Crippen molar-refractivity contribution >= 4 is 45.4 Å². The molecule has 0 atom stereocenters. The van der Waals surface area contributed by atoms with E-state index in [9.17, 15) is 4.79 Å². The van der Waals surface area contributed by atoms with Gasteiger partial charge in [-0.05, 0) is 64.8 Å². The third-order valence-electron chi connectivity index (χ3n) is 5.19. The molecule has 0 aromatic heterocycles. The van der Waals surface area contributed by atoms with Crippen molar-refractivity contribution in [2.24, 2.45) is 0 Å². The highest BCUT2D eigenvalue weighted by Crippen LogP contribution is 2.23. The van der Waals surface area contributed by atoms with Crippen LogP contribution < -0.4 is 16.0 Å². The lowest BCUT2D eigenvalue weighted by Gasteiger charge is -2.13. The van der Waals surface area contributed by atoms with E-state index in [2.05, 4.69) is 46.3 Å². The Kier molecular flexibility index (Phi) is 7.10. The Morgan fingerprint density at radius 2 is 1.47 bits per heavy atom. The Bertz CT molecular complexity index is 1210. The van der Waals surface area contributed by atoms with Crippen LogP contribution in [-0.2, 0) is 17.6 Å². The van der Waals surface area contributed by atoms with Crippen LogP contribution in [0, 0.1) is 0 Å². The van der Waals surface area contributed by atoms with Crippen molar-refractivity contribution in [3.05, 3.63) is 108 Å². The molecule has 0 saturated carbocycles. The smallest absolute Gasteiger partial charge is 0.224 e. The summed E-state index contributed by atoms with van der Waals surface area (Å²) in [4.78, 5) is 12.2. The summed E-state index contributed by atoms with van der Waals surface area (Å²) >= 11 is 5.46. The van der Waals surface area contributed by atoms with Crippen LogP contribution in [-0.4, -0.2) is 17.6 Å². The van der Waals surface area contributed by atoms with Crippen molar-refractivity contribution in [3.8, 4) is 0 Å². The van der Waals surface area contributed by atoms with Crippen LogP contribution in [0.3, 0.4) is 0 Å². The molecule has 0 unspecified atom stereocenters. The summed E-state index contributed by atoms with van der Waals surface area (Å²) in [6.07, 6.45) is 1.16. The van der Waals surface area contributed by atoms with Gasteiger partial charge in [0.05, 0.1) is 6.42 Å². The molecular weight excluding hydrogens is 414 g/mol. The first-order valence-corrected chi connectivity index (χ1v) is 11.0. The molecule has 32 heavy (non-hydrogen) atoms. The van der Waals surface area contributed by atoms with E-state index >= 15 is 0 Å². The van der Waals surface area contributed by atoms with E-state index in [1.165, 1.54) is 5.56 Å². The summed E-state index contributed by atoms with van der Waals surface area (Å²) in [5.74, 6) is 0.0381. The first-order chi connectivity index (χ1) is 15.7. The fraction of sp³-hybridized carbons (Fsp3) is 0.111. The second-order valence-electron chi connectivity index (χ2n) is 7.56. The molecule has 0 saturated heterocycles. The Morgan fingerprint density at radius 1 is 0.750 bits per heavy atom. The number of carbonyl (C=O) groups excluding carboxylic acids is 1. The number of benzene rings is 4. The Balaban J connectivity index is 1.38. The van der Waals surface area contributed by atoms with E-state index in [0.29, 0.717) is 18.1 Å². The molecule has 4 nitrogen and oxygen atoms in total. The lowest BCUT2D eigenvalue weighted by molar-refractivity contribution is -0.120. The molecule has 0 aliphatic carbocycles. The minimum absolute atomic E-state index is 0.0381. The zero-order valence-corrected chi connectivity index (χ0v) is 18.5. The molecule has 0 heterocycles. The molecule has 0 bridgehead atoms. The third kappa shape index (κ3) is 5.93. The number of amides is 1. The second kappa shape index (κ2) is 10.6. The van der Waals surface area contributed by atoms with Gasteiger partial charge < -0.3 is 16.0 Å². The van der Waals surface area contributed by atoms with Crippen LogP contribution >= 0.6 is 12.2 Å². The second-order valence-corrected chi connectivity index (χ2v) is 7.97. The summed E-state index contributed by atoms with van der Waals surface area (Å²) in [5, 5.41) is 12.3. The molecule has 0 aliphatic heterocycles. The fourth-order valence-corrected chi connectivity index (χ4v) is 3.86. The largest absolute Gasteiger partial charge is 0.355 e. The van der Waals surface area contributed by atoms with Crippen LogP contribution in [0.2, 0.25) is 0 Å². The van der Waals surface area contributed by atoms with E-state index in [1.54, 1.807) is 0 Å². The number of carbonyl (C=O) groups is 1. The summed E-state index contributed by atoms with van der Waals surface area (Å²) in [6.45, 7) is 0.594. The van der Waals surface area contributed by atoms with Gasteiger partial charge in [-0.3, -0.25) is 4.79 Å². The molecule has 4 aromatic carbocycles. The first kappa shape index (κ1) is 21.5. The summed E-state index contributed by atoms with van der Waals surface area (Å²) in [7, 11) is 0. The zero-order chi connectivity index (χ0) is 22.2. The molecule has 4 aromatic rings. The number of hydrogen-bond donors (Lipinski definition) is 3. The van der Waals surface area contributed by atoms with E-state index in [4.69, 9.17) is 12.2 Å². The van der Waals surface area contributed by atoms with Crippen molar-refractivity contribution in [2.75, 3.05) is 17.2 Å². The highest BCUT2D eigenvalue weighted by atomic mass is 32.1. The van der Waals surface area contributed by atoms with E-state index in [1.807, 2.05) is 66.7 Å². The minimum atomic E-state index is 0.0381. The van der Waals surface area contributed by atoms with Crippen LogP contribution in [0.25, 0.3) is 10.8 Å². The Hall–Kier alpha value is -3.70. The number of para-hydroxylation sites is 1. The van der Waals surface area contributed by atoms with Crippen molar-refractivity contribution in [1.82, 2.24) is 5.32 Å². The lowest BCUT2D eigenvalue weighted by atomic mass is 10.0. The SMILES string of the molecule is O=C(Cc1ccccc1)NCCc1cccc2ccc(NC(=S)Nc3ccccc3)cc12. The van der Waals surface area contributed by atoms with E-state index in [-0.39, 0.29) is 5.91 Å². The van der Waals surface area contributed by atoms with Gasteiger partial charge in [0.25, 0.3) is 0 Å².